The van der Waals surface area contributed by atoms with E-state index in [2.05, 4.69) is 15.5 Å². The summed E-state index contributed by atoms with van der Waals surface area (Å²) in [5.74, 6) is 0.934. The van der Waals surface area contributed by atoms with Gasteiger partial charge in [-0.3, -0.25) is 14.9 Å². The zero-order valence-corrected chi connectivity index (χ0v) is 25.5. The van der Waals surface area contributed by atoms with E-state index in [4.69, 9.17) is 38.0 Å². The molecule has 1 fully saturated rings. The predicted molar refractivity (Wildman–Crippen MR) is 170 cm³/mol. The Labute approximate surface area is 256 Å². The van der Waals surface area contributed by atoms with Gasteiger partial charge in [0.2, 0.25) is 5.75 Å². The van der Waals surface area contributed by atoms with Crippen molar-refractivity contribution in [2.75, 3.05) is 56.2 Å². The number of rotatable bonds is 10. The number of thiocarbonyl (C=S) groups is 1. The minimum absolute atomic E-state index is 0.00915. The molecule has 2 amide bonds. The maximum absolute atomic E-state index is 13.0. The summed E-state index contributed by atoms with van der Waals surface area (Å²) >= 11 is 11.3. The van der Waals surface area contributed by atoms with Crippen LogP contribution in [0.4, 0.5) is 11.4 Å². The van der Waals surface area contributed by atoms with E-state index in [1.165, 1.54) is 0 Å². The predicted octanol–water partition coefficient (Wildman–Crippen LogP) is 5.63. The van der Waals surface area contributed by atoms with Gasteiger partial charge in [0.1, 0.15) is 0 Å². The molecule has 3 aromatic rings. The first-order valence-electron chi connectivity index (χ1n) is 13.9. The van der Waals surface area contributed by atoms with E-state index >= 15 is 0 Å². The lowest BCUT2D eigenvalue weighted by Gasteiger charge is -2.36. The van der Waals surface area contributed by atoms with Gasteiger partial charge in [0.05, 0.1) is 19.8 Å². The number of carbonyl (C=O) groups excluding carboxylic acids is 2. The van der Waals surface area contributed by atoms with E-state index in [0.717, 1.165) is 24.5 Å². The Kier molecular flexibility index (Phi) is 10.9. The van der Waals surface area contributed by atoms with Crippen LogP contribution < -0.4 is 29.7 Å². The van der Waals surface area contributed by atoms with E-state index in [-0.39, 0.29) is 11.0 Å². The molecule has 1 heterocycles. The van der Waals surface area contributed by atoms with Gasteiger partial charge in [-0.15, -0.1) is 0 Å². The van der Waals surface area contributed by atoms with Crippen LogP contribution in [0.15, 0.2) is 60.7 Å². The van der Waals surface area contributed by atoms with Crippen LogP contribution in [0.5, 0.6) is 17.2 Å². The highest BCUT2D eigenvalue weighted by molar-refractivity contribution is 7.80. The van der Waals surface area contributed by atoms with E-state index < -0.39 is 5.91 Å². The molecule has 1 aliphatic heterocycles. The first-order chi connectivity index (χ1) is 20.3. The summed E-state index contributed by atoms with van der Waals surface area (Å²) < 4.78 is 17.1. The van der Waals surface area contributed by atoms with Crippen molar-refractivity contribution in [1.29, 1.82) is 0 Å². The molecule has 42 heavy (non-hydrogen) atoms. The number of piperazine rings is 1. The number of nitrogens with one attached hydrogen (secondary N) is 2. The molecule has 0 atom stereocenters. The number of ether oxygens (including phenoxy) is 3. The third-order valence-electron chi connectivity index (χ3n) is 6.55. The number of nitrogens with zero attached hydrogens (tertiary/aromatic N) is 2. The Bertz CT molecular complexity index is 1370. The Balaban J connectivity index is 1.33. The highest BCUT2D eigenvalue weighted by Crippen LogP contribution is 2.39. The van der Waals surface area contributed by atoms with Crippen molar-refractivity contribution in [2.45, 2.75) is 20.8 Å². The van der Waals surface area contributed by atoms with Crippen LogP contribution >= 0.6 is 23.8 Å². The van der Waals surface area contributed by atoms with Crippen LogP contribution in [0, 0.1) is 0 Å². The molecule has 4 rings (SSSR count). The number of halogens is 1. The molecule has 1 saturated heterocycles. The third-order valence-corrected chi connectivity index (χ3v) is 7.00. The molecule has 0 unspecified atom stereocenters. The summed E-state index contributed by atoms with van der Waals surface area (Å²) in [6, 6.07) is 18.0. The van der Waals surface area contributed by atoms with Gasteiger partial charge in [0, 0.05) is 53.7 Å². The fourth-order valence-corrected chi connectivity index (χ4v) is 4.89. The number of hydrogen-bond donors (Lipinski definition) is 2. The normalized spacial score (nSPS) is 12.9. The monoisotopic (exact) mass is 610 g/mol. The first-order valence-corrected chi connectivity index (χ1v) is 14.7. The molecular weight excluding hydrogens is 576 g/mol. The summed E-state index contributed by atoms with van der Waals surface area (Å²) in [6.45, 7) is 9.51. The minimum Gasteiger partial charge on any atom is -0.490 e. The highest BCUT2D eigenvalue weighted by atomic mass is 35.5. The quantitative estimate of drug-likeness (QED) is 0.286. The van der Waals surface area contributed by atoms with Crippen LogP contribution in [0.2, 0.25) is 5.02 Å². The Morgan fingerprint density at radius 2 is 1.38 bits per heavy atom. The minimum atomic E-state index is -0.403. The molecule has 222 valence electrons. The van der Waals surface area contributed by atoms with Crippen molar-refractivity contribution in [1.82, 2.24) is 10.2 Å². The molecule has 11 heteroatoms. The van der Waals surface area contributed by atoms with Crippen LogP contribution in [-0.2, 0) is 0 Å². The number of benzene rings is 3. The molecule has 0 saturated carbocycles. The lowest BCUT2D eigenvalue weighted by molar-refractivity contribution is 0.0746. The number of amides is 2. The molecule has 0 aromatic heterocycles. The van der Waals surface area contributed by atoms with E-state index in [0.29, 0.717) is 66.3 Å². The summed E-state index contributed by atoms with van der Waals surface area (Å²) in [5.41, 5.74) is 2.74. The largest absolute Gasteiger partial charge is 0.490 e. The zero-order chi connectivity index (χ0) is 30.1. The van der Waals surface area contributed by atoms with Gasteiger partial charge in [-0.25, -0.2) is 0 Å². The lowest BCUT2D eigenvalue weighted by atomic mass is 10.1. The van der Waals surface area contributed by atoms with Crippen molar-refractivity contribution in [3.8, 4) is 17.2 Å². The Hall–Kier alpha value is -4.02. The molecular formula is C31H35ClN4O5S. The van der Waals surface area contributed by atoms with E-state index in [9.17, 15) is 9.59 Å². The van der Waals surface area contributed by atoms with Crippen molar-refractivity contribution in [3.05, 3.63) is 76.8 Å². The molecule has 1 aliphatic rings. The Morgan fingerprint density at radius 1 is 0.810 bits per heavy atom. The average Bonchev–Trinajstić information content (AvgIpc) is 2.99. The maximum atomic E-state index is 13.0. The van der Waals surface area contributed by atoms with Gasteiger partial charge >= 0.3 is 0 Å². The smallest absolute Gasteiger partial charge is 0.257 e. The molecule has 2 N–H and O–H groups in total. The topological polar surface area (TPSA) is 92.4 Å². The van der Waals surface area contributed by atoms with Gasteiger partial charge < -0.3 is 29.3 Å². The van der Waals surface area contributed by atoms with E-state index in [1.54, 1.807) is 36.4 Å². The molecule has 0 aliphatic carbocycles. The lowest BCUT2D eigenvalue weighted by Crippen LogP contribution is -2.48. The van der Waals surface area contributed by atoms with Crippen molar-refractivity contribution < 1.29 is 23.8 Å². The molecule has 0 spiro atoms. The number of anilines is 2. The van der Waals surface area contributed by atoms with Crippen LogP contribution in [0.3, 0.4) is 0 Å². The number of hydrogen-bond acceptors (Lipinski definition) is 7. The van der Waals surface area contributed by atoms with Crippen LogP contribution in [0.25, 0.3) is 0 Å². The zero-order valence-electron chi connectivity index (χ0n) is 23.9. The summed E-state index contributed by atoms with van der Waals surface area (Å²) in [4.78, 5) is 29.9. The molecule has 3 aromatic carbocycles. The maximum Gasteiger partial charge on any atom is 0.257 e. The van der Waals surface area contributed by atoms with Gasteiger partial charge in [0.25, 0.3) is 11.8 Å². The second-order valence-corrected chi connectivity index (χ2v) is 10.2. The second-order valence-electron chi connectivity index (χ2n) is 9.34. The fraction of sp³-hybridized carbons (Fsp3) is 0.323. The van der Waals surface area contributed by atoms with Crippen molar-refractivity contribution in [2.24, 2.45) is 0 Å². The molecule has 9 nitrogen and oxygen atoms in total. The average molecular weight is 611 g/mol. The fourth-order valence-electron chi connectivity index (χ4n) is 4.56. The van der Waals surface area contributed by atoms with Gasteiger partial charge in [-0.2, -0.15) is 0 Å². The molecule has 0 bridgehead atoms. The van der Waals surface area contributed by atoms with Gasteiger partial charge in [0.15, 0.2) is 16.6 Å². The third kappa shape index (κ3) is 7.83. The summed E-state index contributed by atoms with van der Waals surface area (Å²) in [5, 5.41) is 6.55. The summed E-state index contributed by atoms with van der Waals surface area (Å²) in [6.07, 6.45) is 0. The van der Waals surface area contributed by atoms with Gasteiger partial charge in [-0.1, -0.05) is 11.6 Å². The molecule has 0 radical (unpaired) electrons. The summed E-state index contributed by atoms with van der Waals surface area (Å²) in [7, 11) is 0. The van der Waals surface area contributed by atoms with Gasteiger partial charge in [-0.05, 0) is 93.7 Å². The highest BCUT2D eigenvalue weighted by Gasteiger charge is 2.23. The number of carbonyl (C=O) groups is 2. The Morgan fingerprint density at radius 3 is 1.93 bits per heavy atom. The van der Waals surface area contributed by atoms with Crippen molar-refractivity contribution >= 4 is 52.1 Å². The van der Waals surface area contributed by atoms with Crippen LogP contribution in [0.1, 0.15) is 41.5 Å². The van der Waals surface area contributed by atoms with Crippen molar-refractivity contribution in [3.63, 3.8) is 0 Å². The second kappa shape index (κ2) is 14.7. The SMILES string of the molecule is CCOc1cc(C(=O)NC(=S)Nc2ccc(N3CCN(C(=O)c4ccc(Cl)cc4)CC3)cc2)cc(OCC)c1OCC. The van der Waals surface area contributed by atoms with Crippen LogP contribution in [-0.4, -0.2) is 67.8 Å². The van der Waals surface area contributed by atoms with E-state index in [1.807, 2.05) is 49.9 Å². The first kappa shape index (κ1) is 30.9. The standard InChI is InChI=1S/C31H35ClN4O5S/c1-4-39-26-19-22(20-27(40-5-2)28(26)41-6-3)29(37)34-31(42)33-24-11-13-25(14-12-24)35-15-17-36(18-16-35)30(38)21-7-9-23(32)10-8-21/h7-14,19-20H,4-6,15-18H2,1-3H3,(H2,33,34,37,42).